The third-order valence-corrected chi connectivity index (χ3v) is 4.12. The molecule has 3 rings (SSSR count). The Kier molecular flexibility index (Phi) is 5.71. The summed E-state index contributed by atoms with van der Waals surface area (Å²) < 4.78 is 5.74. The van der Waals surface area contributed by atoms with E-state index >= 15 is 0 Å². The maximum Gasteiger partial charge on any atom is 0.257 e. The Balaban J connectivity index is 1.58. The first kappa shape index (κ1) is 17.1. The Morgan fingerprint density at radius 3 is 2.76 bits per heavy atom. The van der Waals surface area contributed by atoms with Crippen LogP contribution in [0.5, 0.6) is 5.75 Å². The van der Waals surface area contributed by atoms with Crippen molar-refractivity contribution < 1.29 is 9.53 Å². The van der Waals surface area contributed by atoms with Crippen LogP contribution in [-0.4, -0.2) is 16.0 Å². The largest absolute Gasteiger partial charge is 0.489 e. The Morgan fingerprint density at radius 2 is 2.00 bits per heavy atom. The molecule has 0 aliphatic heterocycles. The molecule has 25 heavy (non-hydrogen) atoms. The molecular weight excluding hydrogens is 354 g/mol. The van der Waals surface area contributed by atoms with Gasteiger partial charge in [0, 0.05) is 17.1 Å². The van der Waals surface area contributed by atoms with E-state index in [4.69, 9.17) is 17.0 Å². The van der Waals surface area contributed by atoms with E-state index in [1.807, 2.05) is 41.8 Å². The fourth-order valence-electron chi connectivity index (χ4n) is 2.06. The average Bonchev–Trinajstić information content (AvgIpc) is 3.14. The van der Waals surface area contributed by atoms with Crippen LogP contribution in [0, 0.1) is 0 Å². The van der Waals surface area contributed by atoms with Gasteiger partial charge in [-0.3, -0.25) is 10.1 Å². The SMILES string of the molecule is O=C(NC(=S)Nc1nccs1)c1cccc(OCc2ccccc2)c1. The van der Waals surface area contributed by atoms with Crippen LogP contribution in [0.4, 0.5) is 5.13 Å². The predicted octanol–water partition coefficient (Wildman–Crippen LogP) is 3.85. The highest BCUT2D eigenvalue weighted by atomic mass is 32.1. The lowest BCUT2D eigenvalue weighted by Crippen LogP contribution is -2.34. The number of hydrogen-bond acceptors (Lipinski definition) is 5. The lowest BCUT2D eigenvalue weighted by molar-refractivity contribution is 0.0977. The quantitative estimate of drug-likeness (QED) is 0.669. The van der Waals surface area contributed by atoms with Crippen LogP contribution in [0.1, 0.15) is 15.9 Å². The van der Waals surface area contributed by atoms with Crippen LogP contribution in [-0.2, 0) is 6.61 Å². The number of carbonyl (C=O) groups is 1. The first-order valence-corrected chi connectivity index (χ1v) is 8.78. The maximum atomic E-state index is 12.3. The van der Waals surface area contributed by atoms with Gasteiger partial charge in [-0.1, -0.05) is 36.4 Å². The summed E-state index contributed by atoms with van der Waals surface area (Å²) in [5.74, 6) is 0.314. The van der Waals surface area contributed by atoms with Crippen LogP contribution < -0.4 is 15.4 Å². The number of hydrogen-bond donors (Lipinski definition) is 2. The lowest BCUT2D eigenvalue weighted by Gasteiger charge is -2.09. The molecule has 126 valence electrons. The van der Waals surface area contributed by atoms with Crippen molar-refractivity contribution in [1.82, 2.24) is 10.3 Å². The fraction of sp³-hybridized carbons (Fsp3) is 0.0556. The van der Waals surface area contributed by atoms with Crippen LogP contribution in [0.25, 0.3) is 0 Å². The topological polar surface area (TPSA) is 63.2 Å². The van der Waals surface area contributed by atoms with Crippen molar-refractivity contribution in [2.45, 2.75) is 6.61 Å². The number of anilines is 1. The third kappa shape index (κ3) is 5.10. The second kappa shape index (κ2) is 8.36. The second-order valence-corrected chi connectivity index (χ2v) is 6.35. The van der Waals surface area contributed by atoms with Crippen molar-refractivity contribution in [1.29, 1.82) is 0 Å². The molecule has 0 bridgehead atoms. The van der Waals surface area contributed by atoms with Crippen molar-refractivity contribution in [2.24, 2.45) is 0 Å². The number of nitrogens with zero attached hydrogens (tertiary/aromatic N) is 1. The van der Waals surface area contributed by atoms with Crippen molar-refractivity contribution >= 4 is 39.7 Å². The average molecular weight is 369 g/mol. The summed E-state index contributed by atoms with van der Waals surface area (Å²) in [5.41, 5.74) is 1.53. The predicted molar refractivity (Wildman–Crippen MR) is 103 cm³/mol. The van der Waals surface area contributed by atoms with E-state index in [-0.39, 0.29) is 11.0 Å². The van der Waals surface area contributed by atoms with Crippen LogP contribution >= 0.6 is 23.6 Å². The van der Waals surface area contributed by atoms with Crippen LogP contribution in [0.3, 0.4) is 0 Å². The van der Waals surface area contributed by atoms with Crippen molar-refractivity contribution in [3.05, 3.63) is 77.3 Å². The molecule has 0 saturated carbocycles. The molecule has 0 aliphatic carbocycles. The van der Waals surface area contributed by atoms with Gasteiger partial charge in [0.2, 0.25) is 0 Å². The van der Waals surface area contributed by atoms with Gasteiger partial charge in [0.05, 0.1) is 0 Å². The second-order valence-electron chi connectivity index (χ2n) is 5.05. The zero-order chi connectivity index (χ0) is 17.5. The number of aromatic nitrogens is 1. The Labute approximate surface area is 154 Å². The van der Waals surface area contributed by atoms with Gasteiger partial charge >= 0.3 is 0 Å². The van der Waals surface area contributed by atoms with Crippen LogP contribution in [0.2, 0.25) is 0 Å². The van der Waals surface area contributed by atoms with E-state index in [9.17, 15) is 4.79 Å². The minimum absolute atomic E-state index is 0.204. The molecule has 1 heterocycles. The normalized spacial score (nSPS) is 10.1. The highest BCUT2D eigenvalue weighted by Crippen LogP contribution is 2.15. The zero-order valence-electron chi connectivity index (χ0n) is 13.1. The zero-order valence-corrected chi connectivity index (χ0v) is 14.8. The van der Waals surface area contributed by atoms with E-state index in [1.54, 1.807) is 24.4 Å². The third-order valence-electron chi connectivity index (χ3n) is 3.22. The van der Waals surface area contributed by atoms with E-state index in [2.05, 4.69) is 15.6 Å². The molecule has 1 amide bonds. The van der Waals surface area contributed by atoms with Gasteiger partial charge in [-0.05, 0) is 36.0 Å². The standard InChI is InChI=1S/C18H15N3O2S2/c22-16(20-17(24)21-18-19-9-10-25-18)14-7-4-8-15(11-14)23-12-13-5-2-1-3-6-13/h1-11H,12H2,(H2,19,20,21,22,24). The molecule has 1 aromatic heterocycles. The van der Waals surface area contributed by atoms with Crippen molar-refractivity contribution in [2.75, 3.05) is 5.32 Å². The van der Waals surface area contributed by atoms with E-state index in [1.165, 1.54) is 11.3 Å². The molecule has 7 heteroatoms. The van der Waals surface area contributed by atoms with E-state index in [0.717, 1.165) is 5.56 Å². The summed E-state index contributed by atoms with van der Waals surface area (Å²) >= 11 is 6.52. The molecule has 0 unspecified atom stereocenters. The summed E-state index contributed by atoms with van der Waals surface area (Å²) in [6.07, 6.45) is 1.66. The van der Waals surface area contributed by atoms with Gasteiger partial charge in [0.1, 0.15) is 12.4 Å². The van der Waals surface area contributed by atoms with Gasteiger partial charge in [0.15, 0.2) is 10.2 Å². The Hall–Kier alpha value is -2.77. The van der Waals surface area contributed by atoms with Gasteiger partial charge in [-0.15, -0.1) is 11.3 Å². The lowest BCUT2D eigenvalue weighted by atomic mass is 10.2. The number of ether oxygens (including phenoxy) is 1. The number of thiocarbonyl (C=S) groups is 1. The number of carbonyl (C=O) groups excluding carboxylic acids is 1. The molecular formula is C18H15N3O2S2. The van der Waals surface area contributed by atoms with Gasteiger partial charge in [-0.25, -0.2) is 4.98 Å². The van der Waals surface area contributed by atoms with Crippen LogP contribution in [0.15, 0.2) is 66.2 Å². The summed E-state index contributed by atoms with van der Waals surface area (Å²) in [6.45, 7) is 0.440. The van der Waals surface area contributed by atoms with Gasteiger partial charge in [0.25, 0.3) is 5.91 Å². The van der Waals surface area contributed by atoms with Gasteiger partial charge in [-0.2, -0.15) is 0 Å². The molecule has 2 aromatic carbocycles. The molecule has 0 atom stereocenters. The highest BCUT2D eigenvalue weighted by Gasteiger charge is 2.10. The fourth-order valence-corrected chi connectivity index (χ4v) is 2.84. The highest BCUT2D eigenvalue weighted by molar-refractivity contribution is 7.80. The summed E-state index contributed by atoms with van der Waals surface area (Å²) in [5, 5.41) is 8.14. The summed E-state index contributed by atoms with van der Waals surface area (Å²) in [6, 6.07) is 16.8. The molecule has 0 radical (unpaired) electrons. The molecule has 2 N–H and O–H groups in total. The molecule has 0 saturated heterocycles. The minimum Gasteiger partial charge on any atom is -0.489 e. The molecule has 0 fully saturated rings. The number of amides is 1. The molecule has 3 aromatic rings. The number of rotatable bonds is 5. The van der Waals surface area contributed by atoms with Gasteiger partial charge < -0.3 is 10.1 Å². The molecule has 0 spiro atoms. The first-order valence-electron chi connectivity index (χ1n) is 7.49. The monoisotopic (exact) mass is 369 g/mol. The minimum atomic E-state index is -0.306. The first-order chi connectivity index (χ1) is 12.2. The smallest absolute Gasteiger partial charge is 0.257 e. The Bertz CT molecular complexity index is 852. The molecule has 5 nitrogen and oxygen atoms in total. The number of nitrogens with one attached hydrogen (secondary N) is 2. The maximum absolute atomic E-state index is 12.3. The summed E-state index contributed by atoms with van der Waals surface area (Å²) in [7, 11) is 0. The van der Waals surface area contributed by atoms with Crippen molar-refractivity contribution in [3.8, 4) is 5.75 Å². The number of benzene rings is 2. The van der Waals surface area contributed by atoms with E-state index in [0.29, 0.717) is 23.1 Å². The van der Waals surface area contributed by atoms with Crippen molar-refractivity contribution in [3.63, 3.8) is 0 Å². The Morgan fingerprint density at radius 1 is 1.16 bits per heavy atom. The summed E-state index contributed by atoms with van der Waals surface area (Å²) in [4.78, 5) is 16.4. The number of thiazole rings is 1. The van der Waals surface area contributed by atoms with E-state index < -0.39 is 0 Å². The molecule has 0 aliphatic rings.